The summed E-state index contributed by atoms with van der Waals surface area (Å²) in [7, 11) is 1.58. The lowest BCUT2D eigenvalue weighted by Gasteiger charge is -2.04. The molecule has 0 saturated carbocycles. The highest BCUT2D eigenvalue weighted by Gasteiger charge is 2.17. The van der Waals surface area contributed by atoms with Gasteiger partial charge in [0.2, 0.25) is 0 Å². The van der Waals surface area contributed by atoms with Crippen molar-refractivity contribution in [2.75, 3.05) is 13.7 Å². The molecule has 1 rings (SSSR count). The Morgan fingerprint density at radius 3 is 2.87 bits per heavy atom. The number of carbonyl (C=O) groups is 1. The average molecular weight is 213 g/mol. The van der Waals surface area contributed by atoms with E-state index in [0.717, 1.165) is 6.42 Å². The molecule has 6 heteroatoms. The second-order valence-electron chi connectivity index (χ2n) is 3.16. The van der Waals surface area contributed by atoms with Crippen LogP contribution in [0.4, 0.5) is 0 Å². The van der Waals surface area contributed by atoms with E-state index in [1.54, 1.807) is 11.8 Å². The number of methoxy groups -OCH3 is 1. The number of aromatic carboxylic acids is 1. The number of aromatic nitrogens is 3. The van der Waals surface area contributed by atoms with E-state index >= 15 is 0 Å². The van der Waals surface area contributed by atoms with Gasteiger partial charge in [-0.15, -0.1) is 5.10 Å². The Kier molecular flexibility index (Phi) is 4.23. The molecule has 1 N–H and O–H groups in total. The highest BCUT2D eigenvalue weighted by Crippen LogP contribution is 2.07. The summed E-state index contributed by atoms with van der Waals surface area (Å²) in [6.45, 7) is 3.15. The number of aryl methyl sites for hydroxylation is 1. The summed E-state index contributed by atoms with van der Waals surface area (Å²) >= 11 is 0. The van der Waals surface area contributed by atoms with E-state index < -0.39 is 5.97 Å². The molecular formula is C9H15N3O3. The molecule has 0 aliphatic carbocycles. The maximum Gasteiger partial charge on any atom is 0.358 e. The normalized spacial score (nSPS) is 10.5. The van der Waals surface area contributed by atoms with Gasteiger partial charge in [0.25, 0.3) is 0 Å². The van der Waals surface area contributed by atoms with Gasteiger partial charge in [-0.3, -0.25) is 0 Å². The Hall–Kier alpha value is -1.43. The van der Waals surface area contributed by atoms with E-state index in [0.29, 0.717) is 25.3 Å². The van der Waals surface area contributed by atoms with Crippen LogP contribution in [0.2, 0.25) is 0 Å². The number of ether oxygens (including phenoxy) is 1. The first kappa shape index (κ1) is 11.6. The number of carboxylic acids is 1. The first-order valence-corrected chi connectivity index (χ1v) is 4.85. The molecule has 0 unspecified atom stereocenters. The molecule has 0 bridgehead atoms. The molecular weight excluding hydrogens is 198 g/mol. The molecule has 0 aromatic carbocycles. The summed E-state index contributed by atoms with van der Waals surface area (Å²) in [5.74, 6) is -1.04. The third-order valence-corrected chi connectivity index (χ3v) is 2.02. The van der Waals surface area contributed by atoms with Crippen molar-refractivity contribution in [1.82, 2.24) is 15.0 Å². The van der Waals surface area contributed by atoms with Gasteiger partial charge >= 0.3 is 5.97 Å². The lowest BCUT2D eigenvalue weighted by Crippen LogP contribution is -2.10. The second kappa shape index (κ2) is 5.45. The van der Waals surface area contributed by atoms with E-state index in [9.17, 15) is 4.79 Å². The number of rotatable bonds is 6. The number of hydrogen-bond donors (Lipinski definition) is 1. The second-order valence-corrected chi connectivity index (χ2v) is 3.16. The van der Waals surface area contributed by atoms with Gasteiger partial charge in [-0.2, -0.15) is 0 Å². The highest BCUT2D eigenvalue weighted by molar-refractivity contribution is 5.86. The van der Waals surface area contributed by atoms with Crippen LogP contribution in [0.25, 0.3) is 0 Å². The SMILES string of the molecule is CCCn1nnc(C(=O)O)c1CCOC. The van der Waals surface area contributed by atoms with Crippen molar-refractivity contribution in [2.45, 2.75) is 26.3 Å². The zero-order valence-corrected chi connectivity index (χ0v) is 8.93. The summed E-state index contributed by atoms with van der Waals surface area (Å²) in [5, 5.41) is 16.3. The minimum atomic E-state index is -1.04. The van der Waals surface area contributed by atoms with Crippen LogP contribution in [0.15, 0.2) is 0 Å². The van der Waals surface area contributed by atoms with Crippen LogP contribution in [0.5, 0.6) is 0 Å². The van der Waals surface area contributed by atoms with Crippen molar-refractivity contribution in [2.24, 2.45) is 0 Å². The molecule has 0 aliphatic heterocycles. The zero-order chi connectivity index (χ0) is 11.3. The van der Waals surface area contributed by atoms with Crippen molar-refractivity contribution in [3.8, 4) is 0 Å². The zero-order valence-electron chi connectivity index (χ0n) is 8.93. The van der Waals surface area contributed by atoms with E-state index in [4.69, 9.17) is 9.84 Å². The monoisotopic (exact) mass is 213 g/mol. The lowest BCUT2D eigenvalue weighted by atomic mass is 10.2. The molecule has 0 radical (unpaired) electrons. The summed E-state index contributed by atoms with van der Waals surface area (Å²) in [6, 6.07) is 0. The summed E-state index contributed by atoms with van der Waals surface area (Å²) in [6.07, 6.45) is 1.41. The average Bonchev–Trinajstić information content (AvgIpc) is 2.59. The summed E-state index contributed by atoms with van der Waals surface area (Å²) in [5.41, 5.74) is 0.659. The van der Waals surface area contributed by atoms with Crippen molar-refractivity contribution >= 4 is 5.97 Å². The number of nitrogens with zero attached hydrogens (tertiary/aromatic N) is 3. The molecule has 15 heavy (non-hydrogen) atoms. The standard InChI is InChI=1S/C9H15N3O3/c1-3-5-12-7(4-6-15-2)8(9(13)14)10-11-12/h3-6H2,1-2H3,(H,13,14). The summed E-state index contributed by atoms with van der Waals surface area (Å²) < 4.78 is 6.55. The van der Waals surface area contributed by atoms with Crippen molar-refractivity contribution in [3.05, 3.63) is 11.4 Å². The molecule has 1 heterocycles. The fourth-order valence-corrected chi connectivity index (χ4v) is 1.34. The van der Waals surface area contributed by atoms with Crippen molar-refractivity contribution in [3.63, 3.8) is 0 Å². The van der Waals surface area contributed by atoms with E-state index in [1.807, 2.05) is 6.92 Å². The van der Waals surface area contributed by atoms with Crippen LogP contribution in [0.3, 0.4) is 0 Å². The lowest BCUT2D eigenvalue weighted by molar-refractivity contribution is 0.0688. The molecule has 0 aliphatic rings. The van der Waals surface area contributed by atoms with Gasteiger partial charge in [0, 0.05) is 20.1 Å². The van der Waals surface area contributed by atoms with Crippen LogP contribution >= 0.6 is 0 Å². The molecule has 0 fully saturated rings. The van der Waals surface area contributed by atoms with Gasteiger partial charge in [-0.1, -0.05) is 12.1 Å². The predicted molar refractivity (Wildman–Crippen MR) is 52.9 cm³/mol. The molecule has 1 aromatic heterocycles. The van der Waals surface area contributed by atoms with Crippen molar-refractivity contribution in [1.29, 1.82) is 0 Å². The minimum Gasteiger partial charge on any atom is -0.476 e. The van der Waals surface area contributed by atoms with Gasteiger partial charge in [-0.25, -0.2) is 9.48 Å². The molecule has 6 nitrogen and oxygen atoms in total. The van der Waals surface area contributed by atoms with Crippen LogP contribution in [-0.4, -0.2) is 39.8 Å². The summed E-state index contributed by atoms with van der Waals surface area (Å²) in [4.78, 5) is 10.8. The number of hydrogen-bond acceptors (Lipinski definition) is 4. The Labute approximate surface area is 87.9 Å². The first-order chi connectivity index (χ1) is 7.20. The van der Waals surface area contributed by atoms with Crippen LogP contribution in [0, 0.1) is 0 Å². The third kappa shape index (κ3) is 2.76. The minimum absolute atomic E-state index is 0.0282. The quantitative estimate of drug-likeness (QED) is 0.747. The van der Waals surface area contributed by atoms with Gasteiger partial charge in [0.15, 0.2) is 5.69 Å². The van der Waals surface area contributed by atoms with Crippen LogP contribution in [0.1, 0.15) is 29.5 Å². The van der Waals surface area contributed by atoms with Gasteiger partial charge < -0.3 is 9.84 Å². The van der Waals surface area contributed by atoms with Crippen molar-refractivity contribution < 1.29 is 14.6 Å². The molecule has 84 valence electrons. The van der Waals surface area contributed by atoms with Gasteiger partial charge in [-0.05, 0) is 6.42 Å². The Morgan fingerprint density at radius 2 is 2.33 bits per heavy atom. The Balaban J connectivity index is 2.91. The Bertz CT molecular complexity index is 335. The maximum atomic E-state index is 10.8. The molecule has 0 amide bonds. The Morgan fingerprint density at radius 1 is 1.60 bits per heavy atom. The number of carboxylic acid groups (broad SMARTS) is 1. The fraction of sp³-hybridized carbons (Fsp3) is 0.667. The van der Waals surface area contributed by atoms with Crippen LogP contribution in [-0.2, 0) is 17.7 Å². The topological polar surface area (TPSA) is 77.2 Å². The van der Waals surface area contributed by atoms with E-state index in [-0.39, 0.29) is 5.69 Å². The first-order valence-electron chi connectivity index (χ1n) is 4.85. The fourth-order valence-electron chi connectivity index (χ4n) is 1.34. The predicted octanol–water partition coefficient (Wildman–Crippen LogP) is 0.575. The van der Waals surface area contributed by atoms with E-state index in [1.165, 1.54) is 0 Å². The highest BCUT2D eigenvalue weighted by atomic mass is 16.5. The van der Waals surface area contributed by atoms with E-state index in [2.05, 4.69) is 10.3 Å². The molecule has 1 aromatic rings. The molecule has 0 saturated heterocycles. The molecule has 0 spiro atoms. The largest absolute Gasteiger partial charge is 0.476 e. The van der Waals surface area contributed by atoms with Crippen LogP contribution < -0.4 is 0 Å². The smallest absolute Gasteiger partial charge is 0.358 e. The molecule has 0 atom stereocenters. The van der Waals surface area contributed by atoms with Gasteiger partial charge in [0.1, 0.15) is 0 Å². The van der Waals surface area contributed by atoms with Gasteiger partial charge in [0.05, 0.1) is 12.3 Å². The third-order valence-electron chi connectivity index (χ3n) is 2.02. The maximum absolute atomic E-state index is 10.8.